The van der Waals surface area contributed by atoms with E-state index in [4.69, 9.17) is 19.1 Å². The Hall–Kier alpha value is -2.24. The Morgan fingerprint density at radius 2 is 1.88 bits per heavy atom. The van der Waals surface area contributed by atoms with Crippen LogP contribution in [0.25, 0.3) is 21.8 Å². The third-order valence-electron chi connectivity index (χ3n) is 4.16. The van der Waals surface area contributed by atoms with Gasteiger partial charge in [-0.15, -0.1) is 0 Å². The molecule has 0 saturated heterocycles. The van der Waals surface area contributed by atoms with E-state index in [0.29, 0.717) is 36.8 Å². The molecule has 136 valence electrons. The molecule has 0 radical (unpaired) electrons. The highest BCUT2D eigenvalue weighted by Crippen LogP contribution is 2.25. The molecule has 0 atom stereocenters. The highest BCUT2D eigenvalue weighted by atomic mass is 16.5. The van der Waals surface area contributed by atoms with Gasteiger partial charge in [0.05, 0.1) is 0 Å². The van der Waals surface area contributed by atoms with E-state index in [2.05, 4.69) is 10.0 Å². The van der Waals surface area contributed by atoms with Crippen molar-refractivity contribution in [2.75, 3.05) is 13.2 Å². The van der Waals surface area contributed by atoms with Gasteiger partial charge in [0.1, 0.15) is 18.6 Å². The minimum atomic E-state index is -0.318. The summed E-state index contributed by atoms with van der Waals surface area (Å²) in [6.45, 7) is 3.45. The molecule has 0 N–H and O–H groups in total. The van der Waals surface area contributed by atoms with Gasteiger partial charge in [-0.2, -0.15) is 0 Å². The fourth-order valence-electron chi connectivity index (χ4n) is 2.68. The van der Waals surface area contributed by atoms with Gasteiger partial charge in [0.15, 0.2) is 5.76 Å². The van der Waals surface area contributed by atoms with E-state index in [0.717, 1.165) is 31.2 Å². The van der Waals surface area contributed by atoms with Crippen LogP contribution in [0.2, 0.25) is 0 Å². The number of ether oxygens (including phenoxy) is 1. The second kappa shape index (κ2) is 10.6. The molecular weight excluding hydrogens is 322 g/mol. The van der Waals surface area contributed by atoms with Crippen LogP contribution in [0.1, 0.15) is 56.3 Å². The number of hydrogen-bond donors (Lipinski definition) is 0. The van der Waals surface area contributed by atoms with Crippen molar-refractivity contribution in [1.29, 1.82) is 0 Å². The van der Waals surface area contributed by atoms with Crippen molar-refractivity contribution in [3.8, 4) is 11.3 Å². The van der Waals surface area contributed by atoms with E-state index in [1.807, 2.05) is 6.07 Å². The van der Waals surface area contributed by atoms with Crippen molar-refractivity contribution >= 4 is 0 Å². The molecule has 7 heteroatoms. The van der Waals surface area contributed by atoms with E-state index in [-0.39, 0.29) is 5.63 Å². The maximum Gasteiger partial charge on any atom is 0.339 e. The van der Waals surface area contributed by atoms with Crippen LogP contribution in [0.3, 0.4) is 0 Å². The predicted molar refractivity (Wildman–Crippen MR) is 94.6 cm³/mol. The Kier molecular flexibility index (Phi) is 8.09. The number of fused-ring (bicyclic) bond motifs is 1. The molecular formula is C18H25N3O4. The van der Waals surface area contributed by atoms with Crippen LogP contribution >= 0.6 is 0 Å². The van der Waals surface area contributed by atoms with E-state index < -0.39 is 0 Å². The molecule has 0 spiro atoms. The van der Waals surface area contributed by atoms with E-state index in [1.54, 1.807) is 6.92 Å². The minimum absolute atomic E-state index is 0.318. The lowest BCUT2D eigenvalue weighted by Crippen LogP contribution is -1.97. The third-order valence-corrected chi connectivity index (χ3v) is 4.16. The van der Waals surface area contributed by atoms with Crippen molar-refractivity contribution in [1.82, 2.24) is 0 Å². The maximum absolute atomic E-state index is 11.5. The Labute approximate surface area is 146 Å². The SMILES string of the molecule is Cc1c2cc(COCCCCCCCCCN=[N+]=[N-])occ-2oc1=O. The summed E-state index contributed by atoms with van der Waals surface area (Å²) in [4.78, 5) is 14.2. The topological polar surface area (TPSA) is 101 Å². The van der Waals surface area contributed by atoms with Crippen molar-refractivity contribution < 1.29 is 13.6 Å². The van der Waals surface area contributed by atoms with Gasteiger partial charge in [-0.1, -0.05) is 37.2 Å². The molecule has 2 rings (SSSR count). The smallest absolute Gasteiger partial charge is 0.339 e. The molecule has 2 aliphatic heterocycles. The van der Waals surface area contributed by atoms with Crippen molar-refractivity contribution in [2.45, 2.75) is 58.5 Å². The lowest BCUT2D eigenvalue weighted by Gasteiger charge is -2.05. The number of nitrogens with zero attached hydrogens (tertiary/aromatic N) is 3. The molecule has 2 aliphatic rings. The first-order chi connectivity index (χ1) is 12.2. The number of rotatable bonds is 12. The largest absolute Gasteiger partial charge is 0.463 e. The molecule has 0 saturated carbocycles. The standard InChI is InChI=1S/C18H25N3O4/c1-14-16-11-15(24-13-17(16)25-18(14)22)12-23-10-8-6-4-2-3-5-7-9-20-21-19/h11,13H,2-10,12H2,1H3. The van der Waals surface area contributed by atoms with Crippen LogP contribution in [0.4, 0.5) is 0 Å². The summed E-state index contributed by atoms with van der Waals surface area (Å²) in [5.41, 5.74) is 9.24. The van der Waals surface area contributed by atoms with Gasteiger partial charge in [0, 0.05) is 29.2 Å². The predicted octanol–water partition coefficient (Wildman–Crippen LogP) is 5.20. The normalized spacial score (nSPS) is 10.9. The van der Waals surface area contributed by atoms with Crippen LogP contribution in [-0.2, 0) is 11.3 Å². The Morgan fingerprint density at radius 1 is 1.16 bits per heavy atom. The van der Waals surface area contributed by atoms with E-state index >= 15 is 0 Å². The Morgan fingerprint density at radius 3 is 2.64 bits per heavy atom. The summed E-state index contributed by atoms with van der Waals surface area (Å²) in [7, 11) is 0. The van der Waals surface area contributed by atoms with Crippen LogP contribution in [-0.4, -0.2) is 13.2 Å². The highest BCUT2D eigenvalue weighted by molar-refractivity contribution is 5.61. The van der Waals surface area contributed by atoms with Crippen LogP contribution in [0.5, 0.6) is 0 Å². The average Bonchev–Trinajstić information content (AvgIpc) is 2.90. The monoisotopic (exact) mass is 347 g/mol. The molecule has 0 aliphatic carbocycles. The average molecular weight is 347 g/mol. The second-order valence-corrected chi connectivity index (χ2v) is 6.12. The van der Waals surface area contributed by atoms with Gasteiger partial charge in [0.2, 0.25) is 0 Å². The number of azide groups is 1. The molecule has 25 heavy (non-hydrogen) atoms. The number of unbranched alkanes of at least 4 members (excludes halogenated alkanes) is 6. The van der Waals surface area contributed by atoms with Crippen molar-refractivity contribution in [2.24, 2.45) is 5.11 Å². The lowest BCUT2D eigenvalue weighted by atomic mass is 10.1. The summed E-state index contributed by atoms with van der Waals surface area (Å²) < 4.78 is 16.1. The van der Waals surface area contributed by atoms with Gasteiger partial charge in [-0.05, 0) is 31.4 Å². The zero-order valence-electron chi connectivity index (χ0n) is 14.7. The first-order valence-corrected chi connectivity index (χ1v) is 8.82. The van der Waals surface area contributed by atoms with Crippen molar-refractivity contribution in [3.05, 3.63) is 44.5 Å². The van der Waals surface area contributed by atoms with E-state index in [1.165, 1.54) is 25.5 Å². The molecule has 0 bridgehead atoms. The van der Waals surface area contributed by atoms with Gasteiger partial charge >= 0.3 is 5.63 Å². The molecule has 2 heterocycles. The maximum atomic E-state index is 11.5. The molecule has 7 nitrogen and oxygen atoms in total. The zero-order valence-corrected chi connectivity index (χ0v) is 14.7. The summed E-state index contributed by atoms with van der Waals surface area (Å²) in [6, 6.07) is 1.81. The minimum Gasteiger partial charge on any atom is -0.463 e. The zero-order chi connectivity index (χ0) is 17.9. The van der Waals surface area contributed by atoms with E-state index in [9.17, 15) is 4.79 Å². The van der Waals surface area contributed by atoms with Gasteiger partial charge in [0.25, 0.3) is 0 Å². The Bertz CT molecular complexity index is 716. The Balaban J connectivity index is 1.54. The first kappa shape index (κ1) is 19.1. The van der Waals surface area contributed by atoms with Crippen LogP contribution < -0.4 is 5.63 Å². The van der Waals surface area contributed by atoms with Crippen LogP contribution in [0.15, 0.2) is 31.1 Å². The lowest BCUT2D eigenvalue weighted by molar-refractivity contribution is 0.101. The van der Waals surface area contributed by atoms with Crippen molar-refractivity contribution in [3.63, 3.8) is 0 Å². The van der Waals surface area contributed by atoms with Crippen LogP contribution in [0, 0.1) is 6.92 Å². The highest BCUT2D eigenvalue weighted by Gasteiger charge is 2.15. The third kappa shape index (κ3) is 6.29. The second-order valence-electron chi connectivity index (χ2n) is 6.12. The summed E-state index contributed by atoms with van der Waals surface area (Å²) >= 11 is 0. The molecule has 0 amide bonds. The number of furan rings is 1. The van der Waals surface area contributed by atoms with Gasteiger partial charge < -0.3 is 13.6 Å². The summed E-state index contributed by atoms with van der Waals surface area (Å²) in [5.74, 6) is 1.17. The molecule has 0 fully saturated rings. The molecule has 0 unspecified atom stereocenters. The van der Waals surface area contributed by atoms with Gasteiger partial charge in [-0.25, -0.2) is 4.79 Å². The summed E-state index contributed by atoms with van der Waals surface area (Å²) in [6.07, 6.45) is 9.32. The molecule has 0 aromatic heterocycles. The fraction of sp³-hybridized carbons (Fsp3) is 0.611. The molecule has 0 aromatic rings. The number of hydrogen-bond acceptors (Lipinski definition) is 5. The first-order valence-electron chi connectivity index (χ1n) is 8.82. The fourth-order valence-corrected chi connectivity index (χ4v) is 2.68. The van der Waals surface area contributed by atoms with Gasteiger partial charge in [-0.3, -0.25) is 0 Å². The quantitative estimate of drug-likeness (QED) is 0.228. The summed E-state index contributed by atoms with van der Waals surface area (Å²) in [5, 5.41) is 3.52. The molecule has 0 aromatic carbocycles.